The van der Waals surface area contributed by atoms with Crippen molar-refractivity contribution in [1.82, 2.24) is 10.2 Å². The first-order valence-electron chi connectivity index (χ1n) is 5.30. The summed E-state index contributed by atoms with van der Waals surface area (Å²) in [4.78, 5) is 11.9. The van der Waals surface area contributed by atoms with Gasteiger partial charge in [-0.05, 0) is 12.1 Å². The fourth-order valence-electron chi connectivity index (χ4n) is 1.34. The van der Waals surface area contributed by atoms with Crippen LogP contribution in [0.2, 0.25) is 0 Å². The number of amides is 1. The third kappa shape index (κ3) is 2.97. The van der Waals surface area contributed by atoms with Gasteiger partial charge in [-0.25, -0.2) is 4.39 Å². The summed E-state index contributed by atoms with van der Waals surface area (Å²) >= 11 is 1.12. The summed E-state index contributed by atoms with van der Waals surface area (Å²) in [6, 6.07) is 4.05. The van der Waals surface area contributed by atoms with Gasteiger partial charge in [0.1, 0.15) is 0 Å². The van der Waals surface area contributed by atoms with Crippen molar-refractivity contribution in [2.75, 3.05) is 24.8 Å². The van der Waals surface area contributed by atoms with Crippen LogP contribution in [0.4, 0.5) is 15.2 Å². The maximum atomic E-state index is 13.2. The highest BCUT2D eigenvalue weighted by Crippen LogP contribution is 2.22. The number of benzene rings is 1. The second kappa shape index (κ2) is 5.61. The molecule has 1 aromatic carbocycles. The van der Waals surface area contributed by atoms with E-state index in [9.17, 15) is 9.18 Å². The van der Waals surface area contributed by atoms with Crippen molar-refractivity contribution in [1.29, 1.82) is 0 Å². The van der Waals surface area contributed by atoms with Crippen LogP contribution in [-0.4, -0.2) is 30.3 Å². The molecule has 2 aromatic rings. The van der Waals surface area contributed by atoms with E-state index in [0.29, 0.717) is 10.8 Å². The van der Waals surface area contributed by atoms with Crippen molar-refractivity contribution in [2.24, 2.45) is 0 Å². The van der Waals surface area contributed by atoms with Crippen LogP contribution in [0.1, 0.15) is 9.80 Å². The molecule has 0 bridgehead atoms. The summed E-state index contributed by atoms with van der Waals surface area (Å²) in [6.45, 7) is 0. The fraction of sp³-hybridized carbons (Fsp3) is 0.182. The highest BCUT2D eigenvalue weighted by atomic mass is 32.1. The zero-order valence-corrected chi connectivity index (χ0v) is 11.0. The molecule has 6 nitrogen and oxygen atoms in total. The number of ether oxygens (including phenoxy) is 1. The van der Waals surface area contributed by atoms with Crippen molar-refractivity contribution < 1.29 is 13.9 Å². The number of nitrogens with one attached hydrogen (secondary N) is 2. The van der Waals surface area contributed by atoms with Gasteiger partial charge in [-0.3, -0.25) is 4.79 Å². The summed E-state index contributed by atoms with van der Waals surface area (Å²) in [6.07, 6.45) is 0. The number of hydrogen-bond acceptors (Lipinski definition) is 6. The summed E-state index contributed by atoms with van der Waals surface area (Å²) in [5.41, 5.74) is 0.421. The van der Waals surface area contributed by atoms with Crippen LogP contribution in [0.15, 0.2) is 18.2 Å². The lowest BCUT2D eigenvalue weighted by molar-refractivity contribution is 0.102. The molecule has 1 heterocycles. The Morgan fingerprint density at radius 1 is 1.42 bits per heavy atom. The molecule has 0 unspecified atom stereocenters. The predicted molar refractivity (Wildman–Crippen MR) is 70.4 cm³/mol. The summed E-state index contributed by atoms with van der Waals surface area (Å²) in [5, 5.41) is 13.6. The van der Waals surface area contributed by atoms with E-state index in [1.165, 1.54) is 25.3 Å². The van der Waals surface area contributed by atoms with E-state index in [1.54, 1.807) is 7.05 Å². The van der Waals surface area contributed by atoms with E-state index in [1.807, 2.05) is 0 Å². The molecule has 0 saturated heterocycles. The molecule has 0 saturated carbocycles. The van der Waals surface area contributed by atoms with Crippen LogP contribution in [0.25, 0.3) is 0 Å². The number of halogens is 1. The van der Waals surface area contributed by atoms with Crippen molar-refractivity contribution in [3.05, 3.63) is 29.0 Å². The molecule has 1 amide bonds. The van der Waals surface area contributed by atoms with E-state index in [-0.39, 0.29) is 10.8 Å². The Bertz CT molecular complexity index is 602. The largest absolute Gasteiger partial charge is 0.494 e. The van der Waals surface area contributed by atoms with Crippen LogP contribution >= 0.6 is 11.3 Å². The normalized spacial score (nSPS) is 10.1. The Morgan fingerprint density at radius 3 is 2.84 bits per heavy atom. The van der Waals surface area contributed by atoms with Gasteiger partial charge >= 0.3 is 0 Å². The lowest BCUT2D eigenvalue weighted by Gasteiger charge is -2.06. The lowest BCUT2D eigenvalue weighted by atomic mass is 10.3. The van der Waals surface area contributed by atoms with Gasteiger partial charge in [0.05, 0.1) is 7.11 Å². The zero-order valence-electron chi connectivity index (χ0n) is 10.2. The van der Waals surface area contributed by atoms with E-state index in [2.05, 4.69) is 20.8 Å². The molecular weight excluding hydrogens is 271 g/mol. The standard InChI is InChI=1S/C11H11FN4O2S/c1-13-11-16-15-10(19-11)9(17)14-6-3-4-7(12)8(5-6)18-2/h3-5H,1-2H3,(H,13,16)(H,14,17). The minimum absolute atomic E-state index is 0.0611. The quantitative estimate of drug-likeness (QED) is 0.896. The third-order valence-corrected chi connectivity index (χ3v) is 3.18. The summed E-state index contributed by atoms with van der Waals surface area (Å²) in [5.74, 6) is -0.840. The number of hydrogen-bond donors (Lipinski definition) is 2. The first-order valence-corrected chi connectivity index (χ1v) is 6.12. The molecule has 19 heavy (non-hydrogen) atoms. The van der Waals surface area contributed by atoms with E-state index < -0.39 is 11.7 Å². The molecular formula is C11H11FN4O2S. The number of carbonyl (C=O) groups excluding carboxylic acids is 1. The third-order valence-electron chi connectivity index (χ3n) is 2.24. The van der Waals surface area contributed by atoms with Gasteiger partial charge in [0.2, 0.25) is 10.1 Å². The fourth-order valence-corrected chi connectivity index (χ4v) is 1.93. The molecule has 0 aliphatic carbocycles. The molecule has 0 fully saturated rings. The Labute approximate surface area is 112 Å². The van der Waals surface area contributed by atoms with Crippen molar-refractivity contribution in [3.8, 4) is 5.75 Å². The minimum Gasteiger partial charge on any atom is -0.494 e. The van der Waals surface area contributed by atoms with Gasteiger partial charge in [0.15, 0.2) is 11.6 Å². The topological polar surface area (TPSA) is 76.1 Å². The number of carbonyl (C=O) groups is 1. The first-order chi connectivity index (χ1) is 9.13. The number of methoxy groups -OCH3 is 1. The number of aromatic nitrogens is 2. The zero-order chi connectivity index (χ0) is 13.8. The van der Waals surface area contributed by atoms with Crippen LogP contribution in [0.5, 0.6) is 5.75 Å². The smallest absolute Gasteiger partial charge is 0.286 e. The SMILES string of the molecule is CNc1nnc(C(=O)Nc2ccc(F)c(OC)c2)s1. The van der Waals surface area contributed by atoms with Gasteiger partial charge in [-0.1, -0.05) is 11.3 Å². The van der Waals surface area contributed by atoms with Gasteiger partial charge < -0.3 is 15.4 Å². The highest BCUT2D eigenvalue weighted by molar-refractivity contribution is 7.17. The maximum absolute atomic E-state index is 13.2. The molecule has 100 valence electrons. The number of nitrogens with zero attached hydrogens (tertiary/aromatic N) is 2. The van der Waals surface area contributed by atoms with Crippen LogP contribution in [-0.2, 0) is 0 Å². The number of anilines is 2. The first kappa shape index (κ1) is 13.2. The molecule has 0 spiro atoms. The molecule has 2 rings (SSSR count). The van der Waals surface area contributed by atoms with Gasteiger partial charge in [0.25, 0.3) is 5.91 Å². The molecule has 0 radical (unpaired) electrons. The Balaban J connectivity index is 2.14. The predicted octanol–water partition coefficient (Wildman–Crippen LogP) is 1.98. The molecule has 0 aliphatic rings. The molecule has 1 aromatic heterocycles. The molecule has 0 atom stereocenters. The van der Waals surface area contributed by atoms with Crippen molar-refractivity contribution in [3.63, 3.8) is 0 Å². The van der Waals surface area contributed by atoms with Crippen molar-refractivity contribution >= 4 is 28.1 Å². The van der Waals surface area contributed by atoms with E-state index in [4.69, 9.17) is 4.74 Å². The summed E-state index contributed by atoms with van der Waals surface area (Å²) in [7, 11) is 3.04. The van der Waals surface area contributed by atoms with Gasteiger partial charge in [0, 0.05) is 18.8 Å². The Morgan fingerprint density at radius 2 is 2.21 bits per heavy atom. The summed E-state index contributed by atoms with van der Waals surface area (Å²) < 4.78 is 18.0. The monoisotopic (exact) mass is 282 g/mol. The van der Waals surface area contributed by atoms with Gasteiger partial charge in [-0.2, -0.15) is 0 Å². The lowest BCUT2D eigenvalue weighted by Crippen LogP contribution is -2.11. The Hall–Kier alpha value is -2.22. The van der Waals surface area contributed by atoms with Crippen molar-refractivity contribution in [2.45, 2.75) is 0 Å². The van der Waals surface area contributed by atoms with E-state index >= 15 is 0 Å². The van der Waals surface area contributed by atoms with Gasteiger partial charge in [-0.15, -0.1) is 10.2 Å². The average Bonchev–Trinajstić information content (AvgIpc) is 2.90. The van der Waals surface area contributed by atoms with Crippen LogP contribution in [0, 0.1) is 5.82 Å². The molecule has 0 aliphatic heterocycles. The highest BCUT2D eigenvalue weighted by Gasteiger charge is 2.13. The average molecular weight is 282 g/mol. The number of rotatable bonds is 4. The Kier molecular flexibility index (Phi) is 3.91. The maximum Gasteiger partial charge on any atom is 0.286 e. The second-order valence-corrected chi connectivity index (χ2v) is 4.44. The van der Waals surface area contributed by atoms with Crippen LogP contribution < -0.4 is 15.4 Å². The van der Waals surface area contributed by atoms with Crippen LogP contribution in [0.3, 0.4) is 0 Å². The second-order valence-electron chi connectivity index (χ2n) is 3.47. The minimum atomic E-state index is -0.492. The molecule has 2 N–H and O–H groups in total. The van der Waals surface area contributed by atoms with E-state index in [0.717, 1.165) is 11.3 Å². The molecule has 8 heteroatoms.